The fraction of sp³-hybridized carbons (Fsp3) is 0.455. The minimum Gasteiger partial charge on any atom is -0.397 e. The molecule has 0 saturated carbocycles. The van der Waals surface area contributed by atoms with E-state index >= 15 is 0 Å². The SMILES string of the molecule is CCC(C)NS(=O)(=O)c1cc(N)c(Cl)cc1C. The first-order chi connectivity index (χ1) is 7.77. The molecule has 0 aliphatic carbocycles. The first-order valence-corrected chi connectivity index (χ1v) is 7.22. The molecule has 1 aromatic carbocycles. The van der Waals surface area contributed by atoms with Gasteiger partial charge in [-0.1, -0.05) is 18.5 Å². The molecule has 0 bridgehead atoms. The lowest BCUT2D eigenvalue weighted by Crippen LogP contribution is -2.32. The summed E-state index contributed by atoms with van der Waals surface area (Å²) in [6.45, 7) is 5.42. The minimum atomic E-state index is -3.53. The van der Waals surface area contributed by atoms with Gasteiger partial charge in [0.25, 0.3) is 0 Å². The van der Waals surface area contributed by atoms with Crippen LogP contribution in [-0.4, -0.2) is 14.5 Å². The van der Waals surface area contributed by atoms with Crippen molar-refractivity contribution >= 4 is 27.3 Å². The Morgan fingerprint density at radius 2 is 2.06 bits per heavy atom. The third-order valence-corrected chi connectivity index (χ3v) is 4.61. The lowest BCUT2D eigenvalue weighted by Gasteiger charge is -2.14. The lowest BCUT2D eigenvalue weighted by atomic mass is 10.2. The maximum Gasteiger partial charge on any atom is 0.241 e. The highest BCUT2D eigenvalue weighted by Crippen LogP contribution is 2.26. The fourth-order valence-electron chi connectivity index (χ4n) is 1.37. The normalized spacial score (nSPS) is 13.6. The summed E-state index contributed by atoms with van der Waals surface area (Å²) < 4.78 is 26.7. The van der Waals surface area contributed by atoms with Gasteiger partial charge in [0.05, 0.1) is 15.6 Å². The third-order valence-electron chi connectivity index (χ3n) is 2.55. The van der Waals surface area contributed by atoms with Gasteiger partial charge in [0.15, 0.2) is 0 Å². The average molecular weight is 277 g/mol. The molecule has 1 atom stereocenters. The second-order valence-electron chi connectivity index (χ2n) is 4.07. The van der Waals surface area contributed by atoms with Crippen molar-refractivity contribution in [3.05, 3.63) is 22.7 Å². The van der Waals surface area contributed by atoms with Crippen LogP contribution in [0.5, 0.6) is 0 Å². The van der Waals surface area contributed by atoms with Gasteiger partial charge in [-0.15, -0.1) is 0 Å². The van der Waals surface area contributed by atoms with Crippen molar-refractivity contribution in [3.63, 3.8) is 0 Å². The smallest absolute Gasteiger partial charge is 0.241 e. The number of sulfonamides is 1. The van der Waals surface area contributed by atoms with Gasteiger partial charge in [-0.2, -0.15) is 0 Å². The van der Waals surface area contributed by atoms with Gasteiger partial charge in [-0.3, -0.25) is 0 Å². The van der Waals surface area contributed by atoms with Crippen LogP contribution in [0, 0.1) is 6.92 Å². The number of nitrogens with one attached hydrogen (secondary N) is 1. The lowest BCUT2D eigenvalue weighted by molar-refractivity contribution is 0.555. The minimum absolute atomic E-state index is 0.115. The zero-order chi connectivity index (χ0) is 13.2. The van der Waals surface area contributed by atoms with Gasteiger partial charge >= 0.3 is 0 Å². The van der Waals surface area contributed by atoms with E-state index in [-0.39, 0.29) is 16.6 Å². The predicted octanol–water partition coefficient (Wildman–Crippen LogP) is 2.31. The molecule has 0 aliphatic rings. The first-order valence-electron chi connectivity index (χ1n) is 5.36. The van der Waals surface area contributed by atoms with Gasteiger partial charge in [0.2, 0.25) is 10.0 Å². The number of nitrogens with two attached hydrogens (primary N) is 1. The molecule has 6 heteroatoms. The number of nitrogen functional groups attached to an aromatic ring is 1. The highest BCUT2D eigenvalue weighted by atomic mass is 35.5. The van der Waals surface area contributed by atoms with Crippen molar-refractivity contribution in [2.45, 2.75) is 38.1 Å². The van der Waals surface area contributed by atoms with E-state index < -0.39 is 10.0 Å². The van der Waals surface area contributed by atoms with E-state index in [1.165, 1.54) is 6.07 Å². The van der Waals surface area contributed by atoms with Crippen molar-refractivity contribution in [1.29, 1.82) is 0 Å². The summed E-state index contributed by atoms with van der Waals surface area (Å²) in [5, 5.41) is 0.366. The molecule has 0 amide bonds. The van der Waals surface area contributed by atoms with Crippen molar-refractivity contribution < 1.29 is 8.42 Å². The molecule has 0 aromatic heterocycles. The van der Waals surface area contributed by atoms with Crippen molar-refractivity contribution in [2.75, 3.05) is 5.73 Å². The Hall–Kier alpha value is -0.780. The zero-order valence-electron chi connectivity index (χ0n) is 10.1. The number of halogens is 1. The largest absolute Gasteiger partial charge is 0.397 e. The van der Waals surface area contributed by atoms with Crippen LogP contribution in [0.25, 0.3) is 0 Å². The molecule has 96 valence electrons. The molecule has 1 unspecified atom stereocenters. The number of hydrogen-bond donors (Lipinski definition) is 2. The van der Waals surface area contributed by atoms with E-state index in [1.54, 1.807) is 13.0 Å². The molecule has 0 fully saturated rings. The monoisotopic (exact) mass is 276 g/mol. The number of hydrogen-bond acceptors (Lipinski definition) is 3. The van der Waals surface area contributed by atoms with Crippen LogP contribution >= 0.6 is 11.6 Å². The van der Waals surface area contributed by atoms with E-state index in [0.717, 1.165) is 6.42 Å². The predicted molar refractivity (Wildman–Crippen MR) is 70.7 cm³/mol. The number of anilines is 1. The third kappa shape index (κ3) is 3.34. The summed E-state index contributed by atoms with van der Waals surface area (Å²) in [5.41, 5.74) is 6.47. The van der Waals surface area contributed by atoms with Crippen LogP contribution in [0.1, 0.15) is 25.8 Å². The number of rotatable bonds is 4. The quantitative estimate of drug-likeness (QED) is 0.829. The molecular formula is C11H17ClN2O2S. The molecule has 0 aliphatic heterocycles. The molecular weight excluding hydrogens is 260 g/mol. The fourth-order valence-corrected chi connectivity index (χ4v) is 3.18. The molecule has 0 spiro atoms. The van der Waals surface area contributed by atoms with Crippen LogP contribution in [0.4, 0.5) is 5.69 Å². The molecule has 3 N–H and O–H groups in total. The molecule has 0 heterocycles. The highest BCUT2D eigenvalue weighted by Gasteiger charge is 2.20. The molecule has 0 radical (unpaired) electrons. The van der Waals surface area contributed by atoms with E-state index in [9.17, 15) is 8.42 Å². The summed E-state index contributed by atoms with van der Waals surface area (Å²) in [6, 6.07) is 2.83. The highest BCUT2D eigenvalue weighted by molar-refractivity contribution is 7.89. The van der Waals surface area contributed by atoms with E-state index in [1.807, 2.05) is 13.8 Å². The van der Waals surface area contributed by atoms with E-state index in [2.05, 4.69) is 4.72 Å². The van der Waals surface area contributed by atoms with Crippen molar-refractivity contribution in [1.82, 2.24) is 4.72 Å². The Balaban J connectivity index is 3.20. The standard InChI is InChI=1S/C11H17ClN2O2S/c1-4-8(3)14-17(15,16)11-6-10(13)9(12)5-7(11)2/h5-6,8,14H,4,13H2,1-3H3. The van der Waals surface area contributed by atoms with Gasteiger partial charge in [-0.05, 0) is 38.0 Å². The van der Waals surface area contributed by atoms with Crippen LogP contribution < -0.4 is 10.5 Å². The van der Waals surface area contributed by atoms with Crippen LogP contribution in [0.15, 0.2) is 17.0 Å². The van der Waals surface area contributed by atoms with Crippen molar-refractivity contribution in [3.8, 4) is 0 Å². The first kappa shape index (κ1) is 14.3. The van der Waals surface area contributed by atoms with Crippen molar-refractivity contribution in [2.24, 2.45) is 0 Å². The average Bonchev–Trinajstić information content (AvgIpc) is 2.22. The summed E-state index contributed by atoms with van der Waals surface area (Å²) in [4.78, 5) is 0.180. The van der Waals surface area contributed by atoms with Gasteiger partial charge in [-0.25, -0.2) is 13.1 Å². The summed E-state index contributed by atoms with van der Waals surface area (Å²) in [6.07, 6.45) is 0.724. The summed E-state index contributed by atoms with van der Waals surface area (Å²) >= 11 is 5.83. The van der Waals surface area contributed by atoms with Gasteiger partial charge in [0.1, 0.15) is 0 Å². The molecule has 4 nitrogen and oxygen atoms in total. The van der Waals surface area contributed by atoms with Gasteiger partial charge < -0.3 is 5.73 Å². The van der Waals surface area contributed by atoms with Crippen LogP contribution in [0.2, 0.25) is 5.02 Å². The Morgan fingerprint density at radius 3 is 2.59 bits per heavy atom. The van der Waals surface area contributed by atoms with E-state index in [0.29, 0.717) is 10.6 Å². The maximum atomic E-state index is 12.1. The number of aryl methyl sites for hydroxylation is 1. The Kier molecular flexibility index (Phi) is 4.41. The van der Waals surface area contributed by atoms with Gasteiger partial charge in [0, 0.05) is 6.04 Å². The topological polar surface area (TPSA) is 72.2 Å². The van der Waals surface area contributed by atoms with Crippen LogP contribution in [-0.2, 0) is 10.0 Å². The molecule has 1 aromatic rings. The van der Waals surface area contributed by atoms with E-state index in [4.69, 9.17) is 17.3 Å². The molecule has 17 heavy (non-hydrogen) atoms. The molecule has 1 rings (SSSR count). The Bertz CT molecular complexity index is 514. The summed E-state index contributed by atoms with van der Waals surface area (Å²) in [7, 11) is -3.53. The number of benzene rings is 1. The Morgan fingerprint density at radius 1 is 1.47 bits per heavy atom. The van der Waals surface area contributed by atoms with Crippen LogP contribution in [0.3, 0.4) is 0 Å². The second-order valence-corrected chi connectivity index (χ2v) is 6.16. The Labute approximate surface area is 107 Å². The second kappa shape index (κ2) is 5.25. The zero-order valence-corrected chi connectivity index (χ0v) is 11.7. The molecule has 0 saturated heterocycles. The summed E-state index contributed by atoms with van der Waals surface area (Å²) in [5.74, 6) is 0. The maximum absolute atomic E-state index is 12.1.